The minimum Gasteiger partial charge on any atom is -0.375 e. The van der Waals surface area contributed by atoms with E-state index in [0.29, 0.717) is 26.4 Å². The van der Waals surface area contributed by atoms with Crippen molar-refractivity contribution in [3.63, 3.8) is 0 Å². The maximum absolute atomic E-state index is 5.55. The number of hydrogen-bond acceptors (Lipinski definition) is 3. The predicted octanol–water partition coefficient (Wildman–Crippen LogP) is 2.33. The molecule has 0 aliphatic carbocycles. The molecule has 16 heavy (non-hydrogen) atoms. The average Bonchev–Trinajstić information content (AvgIpc) is 2.30. The summed E-state index contributed by atoms with van der Waals surface area (Å²) in [6.07, 6.45) is 0.000415. The van der Waals surface area contributed by atoms with Crippen molar-refractivity contribution < 1.29 is 9.47 Å². The molecule has 90 valence electrons. The number of rotatable bonds is 7. The highest BCUT2D eigenvalue weighted by Crippen LogP contribution is 2.11. The number of benzene rings is 1. The van der Waals surface area contributed by atoms with Crippen molar-refractivity contribution in [1.82, 2.24) is 0 Å². The SMILES string of the molecule is CCOC(CN)COCc1ccc(Br)cc1. The highest BCUT2D eigenvalue weighted by atomic mass is 79.9. The van der Waals surface area contributed by atoms with Crippen LogP contribution in [0.3, 0.4) is 0 Å². The summed E-state index contributed by atoms with van der Waals surface area (Å²) in [7, 11) is 0. The van der Waals surface area contributed by atoms with Gasteiger partial charge in [-0.1, -0.05) is 28.1 Å². The normalized spacial score (nSPS) is 12.7. The number of hydrogen-bond donors (Lipinski definition) is 1. The van der Waals surface area contributed by atoms with E-state index in [1.807, 2.05) is 31.2 Å². The molecule has 0 saturated heterocycles. The standard InChI is InChI=1S/C12H18BrNO2/c1-2-16-12(7-14)9-15-8-10-3-5-11(13)6-4-10/h3-6,12H,2,7-9,14H2,1H3. The summed E-state index contributed by atoms with van der Waals surface area (Å²) in [5, 5.41) is 0. The highest BCUT2D eigenvalue weighted by Gasteiger charge is 2.05. The molecule has 0 amide bonds. The average molecular weight is 288 g/mol. The Balaban J connectivity index is 2.26. The van der Waals surface area contributed by atoms with Crippen LogP contribution in [0.25, 0.3) is 0 Å². The predicted molar refractivity (Wildman–Crippen MR) is 68.3 cm³/mol. The second-order valence-electron chi connectivity index (χ2n) is 3.45. The largest absolute Gasteiger partial charge is 0.375 e. The van der Waals surface area contributed by atoms with Gasteiger partial charge in [0.1, 0.15) is 0 Å². The van der Waals surface area contributed by atoms with Crippen LogP contribution in [0.2, 0.25) is 0 Å². The molecule has 1 atom stereocenters. The quantitative estimate of drug-likeness (QED) is 0.837. The molecule has 1 rings (SSSR count). The summed E-state index contributed by atoms with van der Waals surface area (Å²) in [5.74, 6) is 0. The molecule has 0 fully saturated rings. The summed E-state index contributed by atoms with van der Waals surface area (Å²) in [5.41, 5.74) is 6.70. The van der Waals surface area contributed by atoms with Gasteiger partial charge in [0, 0.05) is 17.6 Å². The number of halogens is 1. The van der Waals surface area contributed by atoms with Gasteiger partial charge in [-0.15, -0.1) is 0 Å². The lowest BCUT2D eigenvalue weighted by Crippen LogP contribution is -2.28. The van der Waals surface area contributed by atoms with E-state index in [1.165, 1.54) is 0 Å². The van der Waals surface area contributed by atoms with Crippen LogP contribution in [0.4, 0.5) is 0 Å². The van der Waals surface area contributed by atoms with E-state index in [4.69, 9.17) is 15.2 Å². The zero-order valence-corrected chi connectivity index (χ0v) is 11.1. The maximum Gasteiger partial charge on any atom is 0.0930 e. The Bertz CT molecular complexity index is 290. The maximum atomic E-state index is 5.55. The fraction of sp³-hybridized carbons (Fsp3) is 0.500. The molecule has 0 heterocycles. The molecular formula is C12H18BrNO2. The van der Waals surface area contributed by atoms with Gasteiger partial charge in [0.15, 0.2) is 0 Å². The second kappa shape index (κ2) is 7.79. The van der Waals surface area contributed by atoms with Crippen LogP contribution >= 0.6 is 15.9 Å². The molecule has 1 unspecified atom stereocenters. The molecule has 0 aliphatic rings. The van der Waals surface area contributed by atoms with Crippen molar-refractivity contribution in [2.24, 2.45) is 5.73 Å². The molecular weight excluding hydrogens is 270 g/mol. The molecule has 2 N–H and O–H groups in total. The monoisotopic (exact) mass is 287 g/mol. The van der Waals surface area contributed by atoms with Gasteiger partial charge in [-0.3, -0.25) is 0 Å². The van der Waals surface area contributed by atoms with E-state index in [-0.39, 0.29) is 6.10 Å². The summed E-state index contributed by atoms with van der Waals surface area (Å²) in [6.45, 7) is 4.26. The number of ether oxygens (including phenoxy) is 2. The number of nitrogens with two attached hydrogens (primary N) is 1. The van der Waals surface area contributed by atoms with Crippen molar-refractivity contribution in [2.75, 3.05) is 19.8 Å². The van der Waals surface area contributed by atoms with E-state index in [2.05, 4.69) is 15.9 Å². The summed E-state index contributed by atoms with van der Waals surface area (Å²) in [6, 6.07) is 8.06. The first-order valence-corrected chi connectivity index (χ1v) is 6.19. The van der Waals surface area contributed by atoms with Gasteiger partial charge >= 0.3 is 0 Å². The van der Waals surface area contributed by atoms with E-state index in [9.17, 15) is 0 Å². The summed E-state index contributed by atoms with van der Waals surface area (Å²) >= 11 is 3.39. The van der Waals surface area contributed by atoms with Crippen molar-refractivity contribution >= 4 is 15.9 Å². The van der Waals surface area contributed by atoms with Crippen molar-refractivity contribution in [3.8, 4) is 0 Å². The van der Waals surface area contributed by atoms with Crippen LogP contribution in [0, 0.1) is 0 Å². The summed E-state index contributed by atoms with van der Waals surface area (Å²) < 4.78 is 12.0. The van der Waals surface area contributed by atoms with Crippen LogP contribution < -0.4 is 5.73 Å². The van der Waals surface area contributed by atoms with E-state index >= 15 is 0 Å². The first kappa shape index (κ1) is 13.6. The van der Waals surface area contributed by atoms with Gasteiger partial charge in [0.2, 0.25) is 0 Å². The minimum absolute atomic E-state index is 0.000415. The van der Waals surface area contributed by atoms with Gasteiger partial charge in [-0.05, 0) is 24.6 Å². The van der Waals surface area contributed by atoms with Gasteiger partial charge < -0.3 is 15.2 Å². The Hall–Kier alpha value is -0.420. The van der Waals surface area contributed by atoms with Crippen molar-refractivity contribution in [2.45, 2.75) is 19.6 Å². The summed E-state index contributed by atoms with van der Waals surface area (Å²) in [4.78, 5) is 0. The third-order valence-electron chi connectivity index (χ3n) is 2.15. The van der Waals surface area contributed by atoms with Crippen molar-refractivity contribution in [1.29, 1.82) is 0 Å². The van der Waals surface area contributed by atoms with E-state index in [0.717, 1.165) is 10.0 Å². The molecule has 0 saturated carbocycles. The molecule has 4 heteroatoms. The van der Waals surface area contributed by atoms with E-state index in [1.54, 1.807) is 0 Å². The fourth-order valence-corrected chi connectivity index (χ4v) is 1.57. The Morgan fingerprint density at radius 3 is 2.56 bits per heavy atom. The van der Waals surface area contributed by atoms with E-state index < -0.39 is 0 Å². The lowest BCUT2D eigenvalue weighted by Gasteiger charge is -2.14. The van der Waals surface area contributed by atoms with Crippen LogP contribution in [-0.4, -0.2) is 25.9 Å². The molecule has 0 aromatic heterocycles. The van der Waals surface area contributed by atoms with Gasteiger partial charge in [-0.25, -0.2) is 0 Å². The Morgan fingerprint density at radius 1 is 1.31 bits per heavy atom. The molecule has 0 spiro atoms. The first-order valence-electron chi connectivity index (χ1n) is 5.40. The van der Waals surface area contributed by atoms with Crippen LogP contribution in [0.1, 0.15) is 12.5 Å². The minimum atomic E-state index is 0.000415. The third kappa shape index (κ3) is 5.07. The van der Waals surface area contributed by atoms with Gasteiger partial charge in [0.05, 0.1) is 19.3 Å². The fourth-order valence-electron chi connectivity index (χ4n) is 1.31. The zero-order chi connectivity index (χ0) is 11.8. The first-order chi connectivity index (χ1) is 7.76. The molecule has 3 nitrogen and oxygen atoms in total. The van der Waals surface area contributed by atoms with Gasteiger partial charge in [-0.2, -0.15) is 0 Å². The topological polar surface area (TPSA) is 44.5 Å². The smallest absolute Gasteiger partial charge is 0.0930 e. The Kier molecular flexibility index (Phi) is 6.64. The third-order valence-corrected chi connectivity index (χ3v) is 2.68. The zero-order valence-electron chi connectivity index (χ0n) is 9.49. The molecule has 1 aromatic rings. The lowest BCUT2D eigenvalue weighted by molar-refractivity contribution is -0.0120. The molecule has 0 aliphatic heterocycles. The molecule has 0 bridgehead atoms. The Morgan fingerprint density at radius 2 is 2.00 bits per heavy atom. The lowest BCUT2D eigenvalue weighted by atomic mass is 10.2. The van der Waals surface area contributed by atoms with Crippen LogP contribution in [-0.2, 0) is 16.1 Å². The van der Waals surface area contributed by atoms with Crippen molar-refractivity contribution in [3.05, 3.63) is 34.3 Å². The Labute approximate surface area is 105 Å². The van der Waals surface area contributed by atoms with Gasteiger partial charge in [0.25, 0.3) is 0 Å². The van der Waals surface area contributed by atoms with Crippen LogP contribution in [0.5, 0.6) is 0 Å². The molecule has 1 aromatic carbocycles. The van der Waals surface area contributed by atoms with Crippen LogP contribution in [0.15, 0.2) is 28.7 Å². The highest BCUT2D eigenvalue weighted by molar-refractivity contribution is 9.10. The second-order valence-corrected chi connectivity index (χ2v) is 4.37. The molecule has 0 radical (unpaired) electrons.